The number of benzene rings is 2. The topological polar surface area (TPSA) is 96.0 Å². The van der Waals surface area contributed by atoms with Crippen LogP contribution in [0.25, 0.3) is 0 Å². The average molecular weight is 516 g/mol. The first-order valence-corrected chi connectivity index (χ1v) is 12.7. The number of methoxy groups -OCH3 is 1. The molecule has 0 unspecified atom stereocenters. The highest BCUT2D eigenvalue weighted by molar-refractivity contribution is 7.92. The molecule has 1 atom stereocenters. The Labute approximate surface area is 204 Å². The molecular formula is C22H27Cl2N3O5S. The minimum atomic E-state index is -3.91. The molecule has 0 aliphatic rings. The lowest BCUT2D eigenvalue weighted by molar-refractivity contribution is -0.139. The SMILES string of the molecule is CCNC(=O)[C@H](C)N(Cc1ccccc1Cl)C(=O)CN(c1cc(Cl)ccc1OC)S(C)(=O)=O. The molecule has 0 spiro atoms. The zero-order valence-corrected chi connectivity index (χ0v) is 21.2. The molecule has 1 N–H and O–H groups in total. The molecule has 0 aromatic heterocycles. The molecule has 0 aliphatic heterocycles. The summed E-state index contributed by atoms with van der Waals surface area (Å²) in [5, 5.41) is 3.39. The maximum absolute atomic E-state index is 13.4. The molecule has 0 heterocycles. The molecule has 2 amide bonds. The molecule has 2 rings (SSSR count). The lowest BCUT2D eigenvalue weighted by Crippen LogP contribution is -2.51. The Morgan fingerprint density at radius 3 is 2.39 bits per heavy atom. The van der Waals surface area contributed by atoms with Gasteiger partial charge in [0.15, 0.2) is 0 Å². The van der Waals surface area contributed by atoms with E-state index in [0.717, 1.165) is 10.6 Å². The van der Waals surface area contributed by atoms with Crippen molar-refractivity contribution in [1.29, 1.82) is 0 Å². The van der Waals surface area contributed by atoms with E-state index in [1.807, 2.05) is 0 Å². The van der Waals surface area contributed by atoms with Crippen LogP contribution in [-0.4, -0.2) is 57.6 Å². The Hall–Kier alpha value is -2.49. The van der Waals surface area contributed by atoms with Gasteiger partial charge >= 0.3 is 0 Å². The number of hydrogen-bond donors (Lipinski definition) is 1. The summed E-state index contributed by atoms with van der Waals surface area (Å²) in [5.74, 6) is -0.739. The molecule has 0 fully saturated rings. The average Bonchev–Trinajstić information content (AvgIpc) is 2.75. The van der Waals surface area contributed by atoms with Gasteiger partial charge in [-0.1, -0.05) is 41.4 Å². The van der Waals surface area contributed by atoms with E-state index in [0.29, 0.717) is 17.1 Å². The van der Waals surface area contributed by atoms with Crippen molar-refractivity contribution in [3.8, 4) is 5.75 Å². The van der Waals surface area contributed by atoms with Crippen LogP contribution in [0, 0.1) is 0 Å². The number of hydrogen-bond acceptors (Lipinski definition) is 5. The monoisotopic (exact) mass is 515 g/mol. The first-order valence-electron chi connectivity index (χ1n) is 10.1. The van der Waals surface area contributed by atoms with E-state index in [-0.39, 0.29) is 28.9 Å². The Balaban J connectivity index is 2.47. The molecule has 2 aromatic carbocycles. The molecule has 0 bridgehead atoms. The van der Waals surface area contributed by atoms with Gasteiger partial charge in [0.2, 0.25) is 21.8 Å². The molecular weight excluding hydrogens is 489 g/mol. The van der Waals surface area contributed by atoms with Gasteiger partial charge in [-0.3, -0.25) is 13.9 Å². The first-order chi connectivity index (χ1) is 15.5. The second-order valence-corrected chi connectivity index (χ2v) is 10.0. The third-order valence-electron chi connectivity index (χ3n) is 4.91. The van der Waals surface area contributed by atoms with Gasteiger partial charge in [-0.05, 0) is 43.7 Å². The summed E-state index contributed by atoms with van der Waals surface area (Å²) in [5.41, 5.74) is 0.735. The number of sulfonamides is 1. The van der Waals surface area contributed by atoms with Gasteiger partial charge < -0.3 is 15.0 Å². The Morgan fingerprint density at radius 1 is 1.15 bits per heavy atom. The minimum absolute atomic E-state index is 0.0150. The Bertz CT molecular complexity index is 1110. The summed E-state index contributed by atoms with van der Waals surface area (Å²) in [6.45, 7) is 3.17. The fourth-order valence-corrected chi connectivity index (χ4v) is 4.37. The zero-order valence-electron chi connectivity index (χ0n) is 18.8. The fraction of sp³-hybridized carbons (Fsp3) is 0.364. The maximum Gasteiger partial charge on any atom is 0.244 e. The molecule has 0 aliphatic carbocycles. The molecule has 180 valence electrons. The summed E-state index contributed by atoms with van der Waals surface area (Å²) in [6, 6.07) is 10.5. The lowest BCUT2D eigenvalue weighted by Gasteiger charge is -2.32. The molecule has 11 heteroatoms. The van der Waals surface area contributed by atoms with E-state index >= 15 is 0 Å². The Morgan fingerprint density at radius 2 is 1.82 bits per heavy atom. The van der Waals surface area contributed by atoms with Gasteiger partial charge in [-0.2, -0.15) is 0 Å². The van der Waals surface area contributed by atoms with Crippen molar-refractivity contribution in [1.82, 2.24) is 10.2 Å². The van der Waals surface area contributed by atoms with Crippen LogP contribution in [0.4, 0.5) is 5.69 Å². The predicted molar refractivity (Wildman–Crippen MR) is 130 cm³/mol. The number of likely N-dealkylation sites (N-methyl/N-ethyl adjacent to an activating group) is 1. The summed E-state index contributed by atoms with van der Waals surface area (Å²) < 4.78 is 31.5. The Kier molecular flexibility index (Phi) is 9.39. The zero-order chi connectivity index (χ0) is 24.8. The van der Waals surface area contributed by atoms with Crippen LogP contribution < -0.4 is 14.4 Å². The van der Waals surface area contributed by atoms with E-state index in [2.05, 4.69) is 5.32 Å². The van der Waals surface area contributed by atoms with Crippen LogP contribution in [0.15, 0.2) is 42.5 Å². The van der Waals surface area contributed by atoms with Gasteiger partial charge in [-0.25, -0.2) is 8.42 Å². The van der Waals surface area contributed by atoms with Crippen molar-refractivity contribution in [3.05, 3.63) is 58.1 Å². The summed E-state index contributed by atoms with van der Waals surface area (Å²) in [6.07, 6.45) is 0.978. The summed E-state index contributed by atoms with van der Waals surface area (Å²) in [4.78, 5) is 27.3. The third kappa shape index (κ3) is 6.99. The number of ether oxygens (including phenoxy) is 1. The number of nitrogens with one attached hydrogen (secondary N) is 1. The van der Waals surface area contributed by atoms with E-state index < -0.39 is 28.5 Å². The van der Waals surface area contributed by atoms with E-state index in [1.165, 1.54) is 24.1 Å². The minimum Gasteiger partial charge on any atom is -0.495 e. The third-order valence-corrected chi connectivity index (χ3v) is 6.64. The second-order valence-electron chi connectivity index (χ2n) is 7.27. The lowest BCUT2D eigenvalue weighted by atomic mass is 10.1. The largest absolute Gasteiger partial charge is 0.495 e. The first kappa shape index (κ1) is 26.8. The second kappa shape index (κ2) is 11.6. The van der Waals surface area contributed by atoms with E-state index in [1.54, 1.807) is 44.2 Å². The van der Waals surface area contributed by atoms with Crippen molar-refractivity contribution in [2.45, 2.75) is 26.4 Å². The summed E-state index contributed by atoms with van der Waals surface area (Å²) in [7, 11) is -2.53. The van der Waals surface area contributed by atoms with E-state index in [4.69, 9.17) is 27.9 Å². The van der Waals surface area contributed by atoms with Crippen molar-refractivity contribution in [2.75, 3.05) is 30.8 Å². The molecule has 0 saturated heterocycles. The standard InChI is InChI=1S/C22H27Cl2N3O5S/c1-5-25-22(29)15(2)26(13-16-8-6-7-9-18(16)24)21(28)14-27(33(4,30)31)19-12-17(23)10-11-20(19)32-3/h6-12,15H,5,13-14H2,1-4H3,(H,25,29)/t15-/m0/s1. The van der Waals surface area contributed by atoms with Crippen LogP contribution in [0.1, 0.15) is 19.4 Å². The quantitative estimate of drug-likeness (QED) is 0.523. The van der Waals surface area contributed by atoms with Crippen molar-refractivity contribution >= 4 is 50.7 Å². The number of carbonyl (C=O) groups excluding carboxylic acids is 2. The van der Waals surface area contributed by atoms with Crippen LogP contribution >= 0.6 is 23.2 Å². The number of halogens is 2. The number of carbonyl (C=O) groups is 2. The molecule has 0 saturated carbocycles. The predicted octanol–water partition coefficient (Wildman–Crippen LogP) is 3.32. The van der Waals surface area contributed by atoms with Crippen molar-refractivity contribution in [3.63, 3.8) is 0 Å². The number of nitrogens with zero attached hydrogens (tertiary/aromatic N) is 2. The smallest absolute Gasteiger partial charge is 0.244 e. The molecule has 33 heavy (non-hydrogen) atoms. The molecule has 2 aromatic rings. The van der Waals surface area contributed by atoms with Crippen LogP contribution in [0.5, 0.6) is 5.75 Å². The summed E-state index contributed by atoms with van der Waals surface area (Å²) >= 11 is 12.4. The number of rotatable bonds is 10. The van der Waals surface area contributed by atoms with Gasteiger partial charge in [0, 0.05) is 23.1 Å². The van der Waals surface area contributed by atoms with Crippen LogP contribution in [0.2, 0.25) is 10.0 Å². The van der Waals surface area contributed by atoms with Gasteiger partial charge in [0.25, 0.3) is 0 Å². The highest BCUT2D eigenvalue weighted by Gasteiger charge is 2.31. The number of amides is 2. The highest BCUT2D eigenvalue weighted by atomic mass is 35.5. The molecule has 0 radical (unpaired) electrons. The van der Waals surface area contributed by atoms with E-state index in [9.17, 15) is 18.0 Å². The van der Waals surface area contributed by atoms with Gasteiger partial charge in [0.05, 0.1) is 19.1 Å². The van der Waals surface area contributed by atoms with Crippen LogP contribution in [-0.2, 0) is 26.2 Å². The van der Waals surface area contributed by atoms with Crippen molar-refractivity contribution in [2.24, 2.45) is 0 Å². The molecule has 8 nitrogen and oxygen atoms in total. The van der Waals surface area contributed by atoms with Gasteiger partial charge in [0.1, 0.15) is 18.3 Å². The van der Waals surface area contributed by atoms with Gasteiger partial charge in [-0.15, -0.1) is 0 Å². The normalized spacial score (nSPS) is 12.1. The van der Waals surface area contributed by atoms with Crippen molar-refractivity contribution < 1.29 is 22.7 Å². The highest BCUT2D eigenvalue weighted by Crippen LogP contribution is 2.33. The fourth-order valence-electron chi connectivity index (χ4n) is 3.17. The maximum atomic E-state index is 13.4. The van der Waals surface area contributed by atoms with Crippen LogP contribution in [0.3, 0.4) is 0 Å². The number of anilines is 1.